The lowest BCUT2D eigenvalue weighted by Crippen LogP contribution is -2.38. The number of aromatic nitrogens is 1. The summed E-state index contributed by atoms with van der Waals surface area (Å²) in [6, 6.07) is 2.61. The third kappa shape index (κ3) is 4.36. The zero-order valence-electron chi connectivity index (χ0n) is 17.0. The molecule has 2 unspecified atom stereocenters. The Morgan fingerprint density at radius 3 is 2.76 bits per heavy atom. The van der Waals surface area contributed by atoms with Gasteiger partial charge in [0.25, 0.3) is 0 Å². The maximum atomic E-state index is 12.7. The Kier molecular flexibility index (Phi) is 6.40. The fourth-order valence-corrected chi connectivity index (χ4v) is 4.60. The van der Waals surface area contributed by atoms with Crippen molar-refractivity contribution in [3.05, 3.63) is 46.9 Å². The van der Waals surface area contributed by atoms with Gasteiger partial charge in [-0.05, 0) is 37.3 Å². The average molecular weight is 421 g/mol. The third-order valence-electron chi connectivity index (χ3n) is 5.47. The summed E-state index contributed by atoms with van der Waals surface area (Å²) in [5.74, 6) is -0.292. The van der Waals surface area contributed by atoms with Crippen molar-refractivity contribution >= 4 is 15.7 Å². The molecule has 1 aromatic rings. The zero-order valence-corrected chi connectivity index (χ0v) is 17.8. The zero-order chi connectivity index (χ0) is 21.2. The quantitative estimate of drug-likeness (QED) is 0.590. The minimum Gasteiger partial charge on any atom is -0.394 e. The molecule has 0 spiro atoms. The van der Waals surface area contributed by atoms with Crippen LogP contribution in [0.2, 0.25) is 0 Å². The number of aliphatic hydroxyl groups excluding tert-OH is 1. The molecule has 3 N–H and O–H groups in total. The van der Waals surface area contributed by atoms with Crippen molar-refractivity contribution in [2.24, 2.45) is 0 Å². The van der Waals surface area contributed by atoms with Gasteiger partial charge in [-0.25, -0.2) is 8.42 Å². The second-order valence-corrected chi connectivity index (χ2v) is 9.61. The second-order valence-electron chi connectivity index (χ2n) is 7.33. The van der Waals surface area contributed by atoms with Crippen LogP contribution in [-0.2, 0) is 14.6 Å². The summed E-state index contributed by atoms with van der Waals surface area (Å²) in [6.45, 7) is 4.58. The van der Waals surface area contributed by atoms with Crippen LogP contribution in [0.4, 0.5) is 0 Å². The lowest BCUT2D eigenvalue weighted by Gasteiger charge is -2.24. The van der Waals surface area contributed by atoms with Gasteiger partial charge in [-0.3, -0.25) is 14.7 Å². The highest BCUT2D eigenvalue weighted by Gasteiger charge is 2.31. The molecule has 2 aliphatic rings. The molecule has 9 heteroatoms. The van der Waals surface area contributed by atoms with Crippen molar-refractivity contribution in [2.45, 2.75) is 37.2 Å². The molecule has 0 saturated heterocycles. The molecule has 1 aromatic heterocycles. The van der Waals surface area contributed by atoms with Gasteiger partial charge in [0.15, 0.2) is 9.84 Å². The fourth-order valence-electron chi connectivity index (χ4n) is 3.78. The SMILES string of the molecule is CCC1C2=C(C=C(C(=O)NC(CO)c3ccc(S(=O)(=O)CC)cn3)CN2)CN1C. The number of nitrogens with zero attached hydrogens (tertiary/aromatic N) is 2. The van der Waals surface area contributed by atoms with E-state index in [9.17, 15) is 18.3 Å². The van der Waals surface area contributed by atoms with Gasteiger partial charge < -0.3 is 15.7 Å². The first-order valence-corrected chi connectivity index (χ1v) is 11.4. The van der Waals surface area contributed by atoms with Gasteiger partial charge in [-0.1, -0.05) is 13.8 Å². The van der Waals surface area contributed by atoms with Crippen LogP contribution < -0.4 is 10.6 Å². The molecular weight excluding hydrogens is 392 g/mol. The summed E-state index contributed by atoms with van der Waals surface area (Å²) in [6.07, 6.45) is 4.19. The molecule has 2 atom stereocenters. The van der Waals surface area contributed by atoms with E-state index >= 15 is 0 Å². The number of hydrogen-bond acceptors (Lipinski definition) is 7. The fraction of sp³-hybridized carbons (Fsp3) is 0.500. The van der Waals surface area contributed by atoms with Gasteiger partial charge >= 0.3 is 0 Å². The largest absolute Gasteiger partial charge is 0.394 e. The molecule has 3 heterocycles. The van der Waals surface area contributed by atoms with E-state index in [0.717, 1.165) is 18.5 Å². The molecule has 0 bridgehead atoms. The number of dihydropyridines is 1. The van der Waals surface area contributed by atoms with E-state index in [1.165, 1.54) is 24.0 Å². The Balaban J connectivity index is 1.73. The van der Waals surface area contributed by atoms with E-state index in [0.29, 0.717) is 23.9 Å². The Morgan fingerprint density at radius 1 is 1.41 bits per heavy atom. The molecule has 0 saturated carbocycles. The van der Waals surface area contributed by atoms with Gasteiger partial charge in [0, 0.05) is 36.6 Å². The number of hydrogen-bond donors (Lipinski definition) is 3. The third-order valence-corrected chi connectivity index (χ3v) is 7.19. The van der Waals surface area contributed by atoms with E-state index in [2.05, 4.69) is 34.5 Å². The predicted molar refractivity (Wildman–Crippen MR) is 110 cm³/mol. The molecule has 2 aliphatic heterocycles. The maximum absolute atomic E-state index is 12.7. The van der Waals surface area contributed by atoms with Crippen LogP contribution in [0.3, 0.4) is 0 Å². The van der Waals surface area contributed by atoms with Crippen LogP contribution in [0.15, 0.2) is 46.1 Å². The van der Waals surface area contributed by atoms with E-state index < -0.39 is 15.9 Å². The predicted octanol–water partition coefficient (Wildman–Crippen LogP) is 0.533. The van der Waals surface area contributed by atoms with E-state index in [4.69, 9.17) is 0 Å². The van der Waals surface area contributed by atoms with E-state index in [1.807, 2.05) is 6.08 Å². The Labute approximate surface area is 171 Å². The number of aliphatic hydroxyl groups is 1. The van der Waals surface area contributed by atoms with Crippen molar-refractivity contribution in [3.8, 4) is 0 Å². The first-order valence-electron chi connectivity index (χ1n) is 9.78. The van der Waals surface area contributed by atoms with Gasteiger partial charge in [-0.15, -0.1) is 0 Å². The first-order chi connectivity index (χ1) is 13.8. The van der Waals surface area contributed by atoms with Crippen molar-refractivity contribution in [1.29, 1.82) is 0 Å². The van der Waals surface area contributed by atoms with Gasteiger partial charge in [0.2, 0.25) is 5.91 Å². The summed E-state index contributed by atoms with van der Waals surface area (Å²) in [5, 5.41) is 15.9. The number of sulfone groups is 1. The summed E-state index contributed by atoms with van der Waals surface area (Å²) >= 11 is 0. The minimum atomic E-state index is -3.35. The lowest BCUT2D eigenvalue weighted by atomic mass is 10.0. The molecule has 29 heavy (non-hydrogen) atoms. The van der Waals surface area contributed by atoms with Crippen LogP contribution in [-0.4, -0.2) is 67.9 Å². The summed E-state index contributed by atoms with van der Waals surface area (Å²) in [4.78, 5) is 19.3. The molecule has 1 amide bonds. The van der Waals surface area contributed by atoms with Crippen molar-refractivity contribution in [2.75, 3.05) is 32.5 Å². The van der Waals surface area contributed by atoms with Crippen molar-refractivity contribution in [1.82, 2.24) is 20.5 Å². The van der Waals surface area contributed by atoms with Crippen LogP contribution in [0.5, 0.6) is 0 Å². The first kappa shape index (κ1) is 21.5. The van der Waals surface area contributed by atoms with Crippen molar-refractivity contribution in [3.63, 3.8) is 0 Å². The molecule has 0 fully saturated rings. The smallest absolute Gasteiger partial charge is 0.249 e. The van der Waals surface area contributed by atoms with E-state index in [-0.39, 0.29) is 23.2 Å². The highest BCUT2D eigenvalue weighted by molar-refractivity contribution is 7.91. The second kappa shape index (κ2) is 8.64. The summed E-state index contributed by atoms with van der Waals surface area (Å²) in [7, 11) is -1.28. The number of carbonyl (C=O) groups is 1. The lowest BCUT2D eigenvalue weighted by molar-refractivity contribution is -0.118. The molecule has 3 rings (SSSR count). The maximum Gasteiger partial charge on any atom is 0.249 e. The highest BCUT2D eigenvalue weighted by Crippen LogP contribution is 2.28. The molecule has 8 nitrogen and oxygen atoms in total. The number of amides is 1. The van der Waals surface area contributed by atoms with Crippen LogP contribution in [0, 0.1) is 0 Å². The summed E-state index contributed by atoms with van der Waals surface area (Å²) < 4.78 is 23.8. The van der Waals surface area contributed by atoms with E-state index in [1.54, 1.807) is 6.92 Å². The van der Waals surface area contributed by atoms with Crippen LogP contribution in [0.1, 0.15) is 32.0 Å². The number of carbonyl (C=O) groups excluding carboxylic acids is 1. The van der Waals surface area contributed by atoms with Gasteiger partial charge in [0.1, 0.15) is 0 Å². The number of nitrogens with one attached hydrogen (secondary N) is 2. The summed E-state index contributed by atoms with van der Waals surface area (Å²) in [5.41, 5.74) is 3.30. The Hall–Kier alpha value is -2.23. The minimum absolute atomic E-state index is 0.0126. The van der Waals surface area contributed by atoms with Crippen molar-refractivity contribution < 1.29 is 18.3 Å². The standard InChI is InChI=1S/C20H28N4O4S/c1-4-18-19-14(11-24(18)3)8-13(9-22-19)20(26)23-17(12-25)16-7-6-15(10-21-16)29(27,28)5-2/h6-8,10,17-18,22,25H,4-5,9,11-12H2,1-3H3,(H,23,26). The Bertz CT molecular complexity index is 938. The number of pyridine rings is 1. The molecule has 0 aliphatic carbocycles. The highest BCUT2D eigenvalue weighted by atomic mass is 32.2. The van der Waals surface area contributed by atoms with Gasteiger partial charge in [-0.2, -0.15) is 0 Å². The topological polar surface area (TPSA) is 112 Å². The van der Waals surface area contributed by atoms with Crippen LogP contribution >= 0.6 is 0 Å². The normalized spacial score (nSPS) is 20.7. The van der Waals surface area contributed by atoms with Gasteiger partial charge in [0.05, 0.1) is 29.0 Å². The number of likely N-dealkylation sites (N-methyl/N-ethyl adjacent to an activating group) is 1. The molecule has 0 aromatic carbocycles. The Morgan fingerprint density at radius 2 is 2.17 bits per heavy atom. The monoisotopic (exact) mass is 420 g/mol. The van der Waals surface area contributed by atoms with Crippen LogP contribution in [0.25, 0.3) is 0 Å². The number of rotatable bonds is 7. The molecule has 158 valence electrons. The molecular formula is C20H28N4O4S. The average Bonchev–Trinajstić information content (AvgIpc) is 3.05. The molecule has 0 radical (unpaired) electrons.